The Morgan fingerprint density at radius 1 is 0.676 bits per heavy atom. The molecule has 0 saturated heterocycles. The third-order valence-corrected chi connectivity index (χ3v) is 6.87. The highest BCUT2D eigenvalue weighted by Gasteiger charge is 2.57. The monoisotopic (exact) mass is 484 g/mol. The van der Waals surface area contributed by atoms with Gasteiger partial charge in [0.1, 0.15) is 11.1 Å². The molecule has 0 aliphatic heterocycles. The standard InChI is InChI=1S/C19H32N8O7/c1-12(28)8-18(26-22)6-4-16(24-20,9-13(29)30)2-3-17(25-21,10-14(31)32)5-7-19(18,27-23)11-15(33)34/h12,20-23,28H,2-11H2,1H3,(H,29,30)(H,31,32)(H,33,34). The first-order valence-electron chi connectivity index (χ1n) is 10.7. The Hall–Kier alpha value is -3.23. The molecule has 1 fully saturated rings. The number of carboxylic acid groups (broad SMARTS) is 3. The van der Waals surface area contributed by atoms with Gasteiger partial charge in [-0.2, -0.15) is 20.5 Å². The van der Waals surface area contributed by atoms with Crippen LogP contribution in [0.25, 0.3) is 0 Å². The van der Waals surface area contributed by atoms with E-state index in [9.17, 15) is 34.8 Å². The minimum atomic E-state index is -1.92. The van der Waals surface area contributed by atoms with Crippen LogP contribution in [0.5, 0.6) is 0 Å². The summed E-state index contributed by atoms with van der Waals surface area (Å²) in [7, 11) is 0. The average molecular weight is 485 g/mol. The molecule has 5 atom stereocenters. The van der Waals surface area contributed by atoms with E-state index >= 15 is 0 Å². The molecule has 0 radical (unpaired) electrons. The van der Waals surface area contributed by atoms with Gasteiger partial charge in [0.15, 0.2) is 0 Å². The summed E-state index contributed by atoms with van der Waals surface area (Å²) >= 11 is 0. The summed E-state index contributed by atoms with van der Waals surface area (Å²) < 4.78 is 0. The van der Waals surface area contributed by atoms with Gasteiger partial charge in [-0.3, -0.25) is 14.4 Å². The van der Waals surface area contributed by atoms with Gasteiger partial charge in [0.25, 0.3) is 0 Å². The normalized spacial score (nSPS) is 33.1. The zero-order chi connectivity index (χ0) is 26.2. The Balaban J connectivity index is 3.87. The Morgan fingerprint density at radius 2 is 1.03 bits per heavy atom. The van der Waals surface area contributed by atoms with Crippen molar-refractivity contribution in [2.45, 2.75) is 99.4 Å². The van der Waals surface area contributed by atoms with E-state index in [-0.39, 0.29) is 44.9 Å². The van der Waals surface area contributed by atoms with Crippen LogP contribution in [0.1, 0.15) is 71.1 Å². The van der Waals surface area contributed by atoms with E-state index in [0.717, 1.165) is 0 Å². The summed E-state index contributed by atoms with van der Waals surface area (Å²) in [6, 6.07) is 0. The molecule has 1 saturated carbocycles. The highest BCUT2D eigenvalue weighted by molar-refractivity contribution is 5.70. The van der Waals surface area contributed by atoms with Crippen molar-refractivity contribution < 1.29 is 34.8 Å². The molecule has 1 aliphatic carbocycles. The fourth-order valence-corrected chi connectivity index (χ4v) is 4.97. The summed E-state index contributed by atoms with van der Waals surface area (Å²) in [6.07, 6.45) is -4.55. The molecule has 190 valence electrons. The first kappa shape index (κ1) is 28.8. The van der Waals surface area contributed by atoms with Crippen molar-refractivity contribution in [3.05, 3.63) is 0 Å². The van der Waals surface area contributed by atoms with E-state index in [1.165, 1.54) is 6.92 Å². The van der Waals surface area contributed by atoms with Crippen LogP contribution in [0.3, 0.4) is 0 Å². The fourth-order valence-electron chi connectivity index (χ4n) is 4.97. The summed E-state index contributed by atoms with van der Waals surface area (Å²) in [4.78, 5) is 35.0. The van der Waals surface area contributed by atoms with Gasteiger partial charge >= 0.3 is 17.9 Å². The van der Waals surface area contributed by atoms with Crippen LogP contribution in [0.2, 0.25) is 0 Å². The molecule has 1 rings (SSSR count). The molecule has 15 heteroatoms. The number of nitrogens with zero attached hydrogens (tertiary/aromatic N) is 4. The van der Waals surface area contributed by atoms with Crippen LogP contribution < -0.4 is 0 Å². The lowest BCUT2D eigenvalue weighted by molar-refractivity contribution is -0.141. The van der Waals surface area contributed by atoms with Crippen LogP contribution in [-0.2, 0) is 14.4 Å². The second-order valence-corrected chi connectivity index (χ2v) is 9.22. The number of nitrogens with one attached hydrogen (secondary N) is 4. The van der Waals surface area contributed by atoms with Crippen LogP contribution in [0.4, 0.5) is 0 Å². The van der Waals surface area contributed by atoms with E-state index in [1.54, 1.807) is 0 Å². The van der Waals surface area contributed by atoms with Crippen LogP contribution in [-0.4, -0.2) is 66.6 Å². The average Bonchev–Trinajstić information content (AvgIpc) is 2.75. The van der Waals surface area contributed by atoms with E-state index in [0.29, 0.717) is 0 Å². The SMILES string of the molecule is CC(O)CC1(N=N)CCC(CC(=O)O)(N=N)CCC(CC(=O)O)(N=N)CCC1(CC(=O)O)N=N. The molecule has 15 nitrogen and oxygen atoms in total. The molecule has 0 aromatic heterocycles. The van der Waals surface area contributed by atoms with Crippen LogP contribution in [0, 0.1) is 22.1 Å². The second kappa shape index (κ2) is 11.3. The van der Waals surface area contributed by atoms with Gasteiger partial charge in [-0.1, -0.05) is 0 Å². The molecule has 0 amide bonds. The summed E-state index contributed by atoms with van der Waals surface area (Å²) in [5.41, 5.74) is 24.4. The third-order valence-electron chi connectivity index (χ3n) is 6.87. The van der Waals surface area contributed by atoms with Crippen molar-refractivity contribution in [2.24, 2.45) is 20.5 Å². The molecule has 8 N–H and O–H groups in total. The highest BCUT2D eigenvalue weighted by Crippen LogP contribution is 2.49. The number of hydrogen-bond donors (Lipinski definition) is 8. The van der Waals surface area contributed by atoms with E-state index in [4.69, 9.17) is 22.1 Å². The lowest BCUT2D eigenvalue weighted by Gasteiger charge is -2.47. The number of aliphatic hydroxyl groups is 1. The molecule has 34 heavy (non-hydrogen) atoms. The number of hydrogen-bond acceptors (Lipinski definition) is 12. The Morgan fingerprint density at radius 3 is 1.32 bits per heavy atom. The van der Waals surface area contributed by atoms with Crippen molar-refractivity contribution in [2.75, 3.05) is 0 Å². The van der Waals surface area contributed by atoms with Gasteiger partial charge in [-0.05, 0) is 45.4 Å². The maximum absolute atomic E-state index is 11.8. The van der Waals surface area contributed by atoms with E-state index < -0.39 is 65.4 Å². The van der Waals surface area contributed by atoms with Crippen molar-refractivity contribution in [3.63, 3.8) is 0 Å². The lowest BCUT2D eigenvalue weighted by atomic mass is 9.63. The number of carbonyl (C=O) groups is 3. The summed E-state index contributed by atoms with van der Waals surface area (Å²) in [5.74, 6) is -3.96. The first-order valence-corrected chi connectivity index (χ1v) is 10.7. The molecule has 0 aromatic rings. The van der Waals surface area contributed by atoms with Crippen molar-refractivity contribution >= 4 is 17.9 Å². The zero-order valence-electron chi connectivity index (χ0n) is 19.0. The van der Waals surface area contributed by atoms with Crippen LogP contribution >= 0.6 is 0 Å². The number of aliphatic hydroxyl groups excluding tert-OH is 1. The minimum Gasteiger partial charge on any atom is -0.481 e. The van der Waals surface area contributed by atoms with Crippen molar-refractivity contribution in [1.82, 2.24) is 0 Å². The molecule has 0 bridgehead atoms. The summed E-state index contributed by atoms with van der Waals surface area (Å²) in [5, 5.41) is 53.0. The fraction of sp³-hybridized carbons (Fsp3) is 0.842. The molecule has 1 aliphatic rings. The Bertz CT molecular complexity index is 839. The Kier molecular flexibility index (Phi) is 9.54. The maximum Gasteiger partial charge on any atom is 0.305 e. The van der Waals surface area contributed by atoms with E-state index in [2.05, 4.69) is 20.5 Å². The first-order chi connectivity index (χ1) is 15.8. The van der Waals surface area contributed by atoms with Gasteiger partial charge in [0.05, 0.1) is 36.4 Å². The van der Waals surface area contributed by atoms with Crippen molar-refractivity contribution in [1.29, 1.82) is 22.1 Å². The molecule has 0 spiro atoms. The Labute approximate surface area is 195 Å². The topological polar surface area (TPSA) is 277 Å². The predicted octanol–water partition coefficient (Wildman–Crippen LogP) is 3.61. The number of carboxylic acids is 3. The molecule has 5 unspecified atom stereocenters. The third kappa shape index (κ3) is 6.42. The highest BCUT2D eigenvalue weighted by atomic mass is 16.4. The smallest absolute Gasteiger partial charge is 0.305 e. The van der Waals surface area contributed by atoms with Gasteiger partial charge in [0.2, 0.25) is 0 Å². The number of rotatable bonds is 12. The predicted molar refractivity (Wildman–Crippen MR) is 112 cm³/mol. The largest absolute Gasteiger partial charge is 0.481 e. The minimum absolute atomic E-state index is 0.106. The zero-order valence-corrected chi connectivity index (χ0v) is 19.0. The van der Waals surface area contributed by atoms with Gasteiger partial charge in [-0.25, -0.2) is 22.1 Å². The lowest BCUT2D eigenvalue weighted by Crippen LogP contribution is -2.56. The maximum atomic E-state index is 11.8. The molecule has 0 heterocycles. The summed E-state index contributed by atoms with van der Waals surface area (Å²) in [6.45, 7) is 1.38. The van der Waals surface area contributed by atoms with Crippen molar-refractivity contribution in [3.8, 4) is 0 Å². The molecular weight excluding hydrogens is 452 g/mol. The van der Waals surface area contributed by atoms with Gasteiger partial charge in [-0.15, -0.1) is 0 Å². The second-order valence-electron chi connectivity index (χ2n) is 9.22. The van der Waals surface area contributed by atoms with Gasteiger partial charge < -0.3 is 20.4 Å². The van der Waals surface area contributed by atoms with Gasteiger partial charge in [0, 0.05) is 6.42 Å². The molecular formula is C19H32N8O7. The quantitative estimate of drug-likeness (QED) is 0.190. The number of aliphatic carboxylic acids is 3. The van der Waals surface area contributed by atoms with E-state index in [1.807, 2.05) is 0 Å². The van der Waals surface area contributed by atoms with Crippen LogP contribution in [0.15, 0.2) is 20.5 Å². The molecule has 0 aromatic carbocycles.